The van der Waals surface area contributed by atoms with Crippen molar-refractivity contribution < 1.29 is 9.53 Å². The van der Waals surface area contributed by atoms with E-state index in [0.717, 1.165) is 13.1 Å². The van der Waals surface area contributed by atoms with Gasteiger partial charge in [0.2, 0.25) is 0 Å². The highest BCUT2D eigenvalue weighted by Crippen LogP contribution is 2.14. The number of carbonyl (C=O) groups is 1. The second kappa shape index (κ2) is 1.99. The Hall–Kier alpha value is -0.570. The molecule has 0 aromatic carbocycles. The van der Waals surface area contributed by atoms with Crippen molar-refractivity contribution in [1.82, 2.24) is 5.32 Å². The summed E-state index contributed by atoms with van der Waals surface area (Å²) in [6.07, 6.45) is 0. The summed E-state index contributed by atoms with van der Waals surface area (Å²) >= 11 is 0. The first-order chi connectivity index (χ1) is 4.12. The van der Waals surface area contributed by atoms with Crippen molar-refractivity contribution in [1.29, 1.82) is 0 Å². The van der Waals surface area contributed by atoms with Crippen LogP contribution in [0.1, 0.15) is 13.8 Å². The highest BCUT2D eigenvalue weighted by molar-refractivity contribution is 5.66. The maximum absolute atomic E-state index is 10.4. The Balaban J connectivity index is 2.33. The van der Waals surface area contributed by atoms with Gasteiger partial charge in [-0.3, -0.25) is 4.79 Å². The van der Waals surface area contributed by atoms with E-state index in [1.165, 1.54) is 6.92 Å². The minimum absolute atomic E-state index is 0.195. The van der Waals surface area contributed by atoms with E-state index >= 15 is 0 Å². The van der Waals surface area contributed by atoms with Crippen LogP contribution >= 0.6 is 0 Å². The Labute approximate surface area is 54.4 Å². The molecule has 0 aromatic heterocycles. The number of hydrogen-bond acceptors (Lipinski definition) is 3. The first-order valence-corrected chi connectivity index (χ1v) is 3.03. The van der Waals surface area contributed by atoms with Crippen molar-refractivity contribution in [3.63, 3.8) is 0 Å². The molecule has 1 N–H and O–H groups in total. The van der Waals surface area contributed by atoms with Crippen LogP contribution in [0.5, 0.6) is 0 Å². The van der Waals surface area contributed by atoms with E-state index in [0.29, 0.717) is 0 Å². The number of ether oxygens (including phenoxy) is 1. The molecule has 3 nitrogen and oxygen atoms in total. The van der Waals surface area contributed by atoms with Crippen molar-refractivity contribution in [2.75, 3.05) is 13.1 Å². The van der Waals surface area contributed by atoms with Crippen molar-refractivity contribution in [2.45, 2.75) is 19.4 Å². The number of rotatable bonds is 1. The van der Waals surface area contributed by atoms with Crippen LogP contribution in [0.15, 0.2) is 0 Å². The molecule has 0 unspecified atom stereocenters. The van der Waals surface area contributed by atoms with Crippen molar-refractivity contribution in [3.05, 3.63) is 0 Å². The van der Waals surface area contributed by atoms with E-state index in [2.05, 4.69) is 5.32 Å². The summed E-state index contributed by atoms with van der Waals surface area (Å²) in [6.45, 7) is 4.92. The minimum Gasteiger partial charge on any atom is -0.457 e. The monoisotopic (exact) mass is 129 g/mol. The summed E-state index contributed by atoms with van der Waals surface area (Å²) in [6, 6.07) is 0. The minimum atomic E-state index is -0.216. The fraction of sp³-hybridized carbons (Fsp3) is 0.833. The van der Waals surface area contributed by atoms with Gasteiger partial charge in [0.25, 0.3) is 0 Å². The summed E-state index contributed by atoms with van der Waals surface area (Å²) in [4.78, 5) is 10.4. The van der Waals surface area contributed by atoms with Crippen LogP contribution in [0.2, 0.25) is 0 Å². The van der Waals surface area contributed by atoms with E-state index in [1.54, 1.807) is 0 Å². The molecular weight excluding hydrogens is 118 g/mol. The van der Waals surface area contributed by atoms with E-state index in [4.69, 9.17) is 4.74 Å². The lowest BCUT2D eigenvalue weighted by Gasteiger charge is -2.37. The molecule has 1 heterocycles. The number of esters is 1. The molecule has 0 aromatic rings. The molecule has 1 saturated heterocycles. The lowest BCUT2D eigenvalue weighted by Crippen LogP contribution is -2.59. The second-order valence-corrected chi connectivity index (χ2v) is 2.65. The van der Waals surface area contributed by atoms with Crippen LogP contribution in [0, 0.1) is 0 Å². The van der Waals surface area contributed by atoms with Gasteiger partial charge in [0.05, 0.1) is 0 Å². The highest BCUT2D eigenvalue weighted by Gasteiger charge is 2.34. The number of carbonyl (C=O) groups excluding carboxylic acids is 1. The lowest BCUT2D eigenvalue weighted by molar-refractivity contribution is -0.159. The maximum Gasteiger partial charge on any atom is 0.303 e. The van der Waals surface area contributed by atoms with E-state index in [9.17, 15) is 4.79 Å². The first kappa shape index (κ1) is 6.55. The first-order valence-electron chi connectivity index (χ1n) is 3.03. The van der Waals surface area contributed by atoms with Gasteiger partial charge in [-0.2, -0.15) is 0 Å². The normalized spacial score (nSPS) is 22.4. The molecule has 3 heteroatoms. The smallest absolute Gasteiger partial charge is 0.303 e. The average Bonchev–Trinajstić information content (AvgIpc) is 1.60. The molecule has 52 valence electrons. The van der Waals surface area contributed by atoms with Gasteiger partial charge in [-0.05, 0) is 6.92 Å². The third-order valence-corrected chi connectivity index (χ3v) is 1.39. The molecule has 0 atom stereocenters. The summed E-state index contributed by atoms with van der Waals surface area (Å²) in [5.41, 5.74) is -0.216. The summed E-state index contributed by atoms with van der Waals surface area (Å²) < 4.78 is 4.97. The molecule has 1 aliphatic heterocycles. The van der Waals surface area contributed by atoms with Crippen LogP contribution < -0.4 is 5.32 Å². The third kappa shape index (κ3) is 1.42. The average molecular weight is 129 g/mol. The molecule has 1 fully saturated rings. The zero-order chi connectivity index (χ0) is 6.91. The van der Waals surface area contributed by atoms with Crippen molar-refractivity contribution >= 4 is 5.97 Å². The molecule has 1 rings (SSSR count). The van der Waals surface area contributed by atoms with Gasteiger partial charge in [0.1, 0.15) is 5.60 Å². The Morgan fingerprint density at radius 2 is 2.22 bits per heavy atom. The molecule has 0 spiro atoms. The van der Waals surface area contributed by atoms with Gasteiger partial charge in [0, 0.05) is 20.0 Å². The Morgan fingerprint density at radius 3 is 2.33 bits per heavy atom. The van der Waals surface area contributed by atoms with Crippen molar-refractivity contribution in [3.8, 4) is 0 Å². The second-order valence-electron chi connectivity index (χ2n) is 2.65. The fourth-order valence-electron chi connectivity index (χ4n) is 0.896. The molecule has 0 radical (unpaired) electrons. The van der Waals surface area contributed by atoms with E-state index < -0.39 is 0 Å². The Morgan fingerprint density at radius 1 is 1.67 bits per heavy atom. The number of nitrogens with one attached hydrogen (secondary N) is 1. The van der Waals surface area contributed by atoms with Crippen LogP contribution in [0.25, 0.3) is 0 Å². The van der Waals surface area contributed by atoms with Gasteiger partial charge in [-0.25, -0.2) is 0 Å². The van der Waals surface area contributed by atoms with Crippen LogP contribution in [-0.4, -0.2) is 24.7 Å². The molecule has 0 bridgehead atoms. The third-order valence-electron chi connectivity index (χ3n) is 1.39. The van der Waals surface area contributed by atoms with Crippen LogP contribution in [0.3, 0.4) is 0 Å². The van der Waals surface area contributed by atoms with Crippen molar-refractivity contribution in [2.24, 2.45) is 0 Å². The van der Waals surface area contributed by atoms with Gasteiger partial charge < -0.3 is 10.1 Å². The summed E-state index contributed by atoms with van der Waals surface area (Å²) in [7, 11) is 0. The molecule has 9 heavy (non-hydrogen) atoms. The van der Waals surface area contributed by atoms with Crippen LogP contribution in [0.4, 0.5) is 0 Å². The molecule has 1 aliphatic rings. The quantitative estimate of drug-likeness (QED) is 0.503. The lowest BCUT2D eigenvalue weighted by atomic mass is 10.0. The molecular formula is C6H11NO2. The number of hydrogen-bond donors (Lipinski definition) is 1. The van der Waals surface area contributed by atoms with Gasteiger partial charge in [-0.15, -0.1) is 0 Å². The largest absolute Gasteiger partial charge is 0.457 e. The van der Waals surface area contributed by atoms with E-state index in [1.807, 2.05) is 6.92 Å². The summed E-state index contributed by atoms with van der Waals surface area (Å²) in [5.74, 6) is -0.195. The molecule has 0 saturated carbocycles. The molecule has 0 aliphatic carbocycles. The summed E-state index contributed by atoms with van der Waals surface area (Å²) in [5, 5.41) is 3.03. The van der Waals surface area contributed by atoms with Crippen LogP contribution in [-0.2, 0) is 9.53 Å². The van der Waals surface area contributed by atoms with E-state index in [-0.39, 0.29) is 11.6 Å². The van der Waals surface area contributed by atoms with Gasteiger partial charge >= 0.3 is 5.97 Å². The molecule has 0 amide bonds. The zero-order valence-corrected chi connectivity index (χ0v) is 5.73. The van der Waals surface area contributed by atoms with Gasteiger partial charge in [-0.1, -0.05) is 0 Å². The standard InChI is InChI=1S/C6H11NO2/c1-5(8)9-6(2)3-7-4-6/h7H,3-4H2,1-2H3. The van der Waals surface area contributed by atoms with Gasteiger partial charge in [0.15, 0.2) is 0 Å². The maximum atomic E-state index is 10.4. The fourth-order valence-corrected chi connectivity index (χ4v) is 0.896. The Kier molecular flexibility index (Phi) is 1.45. The predicted molar refractivity (Wildman–Crippen MR) is 33.0 cm³/mol. The highest BCUT2D eigenvalue weighted by atomic mass is 16.6. The zero-order valence-electron chi connectivity index (χ0n) is 5.73. The topological polar surface area (TPSA) is 38.3 Å². The Bertz CT molecular complexity index is 129. The predicted octanol–water partition coefficient (Wildman–Crippen LogP) is -0.0886. The SMILES string of the molecule is CC(=O)OC1(C)CNC1.